The highest BCUT2D eigenvalue weighted by atomic mass is 32.1. The third-order valence-corrected chi connectivity index (χ3v) is 6.23. The van der Waals surface area contributed by atoms with Crippen molar-refractivity contribution in [2.75, 3.05) is 19.6 Å². The van der Waals surface area contributed by atoms with Gasteiger partial charge in [0.2, 0.25) is 11.8 Å². The molecular weight excluding hydrogens is 366 g/mol. The lowest BCUT2D eigenvalue weighted by molar-refractivity contribution is -0.127. The molecule has 0 aromatic carbocycles. The van der Waals surface area contributed by atoms with Gasteiger partial charge in [-0.3, -0.25) is 9.59 Å². The van der Waals surface area contributed by atoms with E-state index in [2.05, 4.69) is 10.7 Å². The topological polar surface area (TPSA) is 62.3 Å². The van der Waals surface area contributed by atoms with Gasteiger partial charge in [-0.15, -0.1) is 22.7 Å². The molecule has 1 N–H and O–H groups in total. The van der Waals surface area contributed by atoms with Crippen LogP contribution in [-0.2, 0) is 16.0 Å². The number of nitrogens with one attached hydrogen (secondary N) is 1. The predicted molar refractivity (Wildman–Crippen MR) is 106 cm³/mol. The summed E-state index contributed by atoms with van der Waals surface area (Å²) in [7, 11) is 0. The third kappa shape index (κ3) is 5.25. The number of carbonyl (C=O) groups is 2. The lowest BCUT2D eigenvalue weighted by atomic mass is 9.98. The highest BCUT2D eigenvalue weighted by Gasteiger charge is 2.25. The van der Waals surface area contributed by atoms with Crippen LogP contribution in [0.15, 0.2) is 29.0 Å². The summed E-state index contributed by atoms with van der Waals surface area (Å²) in [6, 6.07) is 3.99. The maximum Gasteiger partial charge on any atom is 0.246 e. The van der Waals surface area contributed by atoms with E-state index >= 15 is 0 Å². The molecule has 1 fully saturated rings. The van der Waals surface area contributed by atoms with Gasteiger partial charge in [0, 0.05) is 55.2 Å². The molecule has 0 bridgehead atoms. The van der Waals surface area contributed by atoms with Crippen molar-refractivity contribution in [3.63, 3.8) is 0 Å². The number of amides is 2. The number of piperidine rings is 1. The first-order valence-corrected chi connectivity index (χ1v) is 10.6. The van der Waals surface area contributed by atoms with Gasteiger partial charge in [-0.1, -0.05) is 6.07 Å². The molecular formula is C19H23N3O2S2. The van der Waals surface area contributed by atoms with Gasteiger partial charge in [0.05, 0.1) is 10.7 Å². The molecule has 0 aliphatic carbocycles. The molecule has 7 heteroatoms. The van der Waals surface area contributed by atoms with Crippen molar-refractivity contribution in [3.05, 3.63) is 44.5 Å². The molecule has 5 nitrogen and oxygen atoms in total. The molecule has 2 aromatic heterocycles. The summed E-state index contributed by atoms with van der Waals surface area (Å²) in [6.07, 6.45) is 6.38. The second-order valence-corrected chi connectivity index (χ2v) is 8.25. The number of aromatic nitrogens is 1. The Morgan fingerprint density at radius 1 is 1.42 bits per heavy atom. The monoisotopic (exact) mass is 389 g/mol. The second kappa shape index (κ2) is 9.09. The average Bonchev–Trinajstić information content (AvgIpc) is 3.31. The van der Waals surface area contributed by atoms with Crippen molar-refractivity contribution in [1.82, 2.24) is 15.2 Å². The largest absolute Gasteiger partial charge is 0.356 e. The van der Waals surface area contributed by atoms with E-state index in [9.17, 15) is 9.59 Å². The highest BCUT2D eigenvalue weighted by molar-refractivity contribution is 7.10. The number of rotatable bonds is 6. The molecule has 3 rings (SSSR count). The lowest BCUT2D eigenvalue weighted by Gasteiger charge is -2.31. The Morgan fingerprint density at radius 2 is 2.31 bits per heavy atom. The van der Waals surface area contributed by atoms with Crippen LogP contribution in [0.5, 0.6) is 0 Å². The molecule has 1 saturated heterocycles. The number of thiazole rings is 1. The molecule has 1 aliphatic heterocycles. The van der Waals surface area contributed by atoms with Crippen molar-refractivity contribution in [2.24, 2.45) is 0 Å². The minimum Gasteiger partial charge on any atom is -0.356 e. The number of carbonyl (C=O) groups excluding carboxylic acids is 2. The zero-order valence-electron chi connectivity index (χ0n) is 14.8. The van der Waals surface area contributed by atoms with E-state index in [-0.39, 0.29) is 11.8 Å². The van der Waals surface area contributed by atoms with Crippen molar-refractivity contribution in [2.45, 2.75) is 32.1 Å². The summed E-state index contributed by atoms with van der Waals surface area (Å²) in [4.78, 5) is 31.2. The van der Waals surface area contributed by atoms with Gasteiger partial charge in [-0.25, -0.2) is 4.98 Å². The first-order chi connectivity index (χ1) is 12.6. The molecule has 138 valence electrons. The fourth-order valence-electron chi connectivity index (χ4n) is 3.02. The van der Waals surface area contributed by atoms with Gasteiger partial charge in [0.15, 0.2) is 0 Å². The van der Waals surface area contributed by atoms with Gasteiger partial charge in [-0.05, 0) is 30.4 Å². The molecule has 1 aliphatic rings. The van der Waals surface area contributed by atoms with Crippen molar-refractivity contribution < 1.29 is 9.59 Å². The number of hydrogen-bond acceptors (Lipinski definition) is 5. The Balaban J connectivity index is 1.55. The number of nitrogens with zero attached hydrogens (tertiary/aromatic N) is 2. The smallest absolute Gasteiger partial charge is 0.246 e. The fourth-order valence-corrected chi connectivity index (χ4v) is 4.62. The summed E-state index contributed by atoms with van der Waals surface area (Å²) < 4.78 is 0. The van der Waals surface area contributed by atoms with Crippen molar-refractivity contribution in [1.29, 1.82) is 0 Å². The van der Waals surface area contributed by atoms with E-state index in [1.165, 1.54) is 6.92 Å². The SMILES string of the molecule is CC(=O)NCCc1csc(C2CCCN(C(=O)C=Cc3cccs3)C2)n1. The van der Waals surface area contributed by atoms with Crippen LogP contribution < -0.4 is 5.32 Å². The van der Waals surface area contributed by atoms with E-state index in [0.717, 1.165) is 47.9 Å². The van der Waals surface area contributed by atoms with Crippen LogP contribution in [-0.4, -0.2) is 41.3 Å². The average molecular weight is 390 g/mol. The van der Waals surface area contributed by atoms with Crippen LogP contribution in [0.2, 0.25) is 0 Å². The zero-order chi connectivity index (χ0) is 18.4. The van der Waals surface area contributed by atoms with Crippen LogP contribution >= 0.6 is 22.7 Å². The van der Waals surface area contributed by atoms with Gasteiger partial charge in [-0.2, -0.15) is 0 Å². The lowest BCUT2D eigenvalue weighted by Crippen LogP contribution is -2.38. The predicted octanol–water partition coefficient (Wildman–Crippen LogP) is 3.30. The van der Waals surface area contributed by atoms with Crippen LogP contribution in [0.3, 0.4) is 0 Å². The highest BCUT2D eigenvalue weighted by Crippen LogP contribution is 2.29. The molecule has 2 aromatic rings. The molecule has 1 unspecified atom stereocenters. The fraction of sp³-hybridized carbons (Fsp3) is 0.421. The number of likely N-dealkylation sites (tertiary alicyclic amines) is 1. The Hall–Kier alpha value is -1.99. The first-order valence-electron chi connectivity index (χ1n) is 8.81. The maximum atomic E-state index is 12.5. The molecule has 0 spiro atoms. The first kappa shape index (κ1) is 18.8. The van der Waals surface area contributed by atoms with E-state index in [4.69, 9.17) is 4.98 Å². The molecule has 1 atom stereocenters. The van der Waals surface area contributed by atoms with E-state index in [0.29, 0.717) is 12.5 Å². The van der Waals surface area contributed by atoms with Gasteiger partial charge < -0.3 is 10.2 Å². The molecule has 0 saturated carbocycles. The summed E-state index contributed by atoms with van der Waals surface area (Å²) in [5, 5.41) is 7.97. The quantitative estimate of drug-likeness (QED) is 0.771. The standard InChI is InChI=1S/C19H23N3O2S2/c1-14(23)20-9-8-16-13-26-19(21-16)15-4-2-10-22(12-15)18(24)7-6-17-5-3-11-25-17/h3,5-7,11,13,15H,2,4,8-10,12H2,1H3,(H,20,23). The minimum atomic E-state index is -0.0162. The molecule has 26 heavy (non-hydrogen) atoms. The Bertz CT molecular complexity index is 768. The van der Waals surface area contributed by atoms with Crippen LogP contribution in [0.4, 0.5) is 0 Å². The van der Waals surface area contributed by atoms with Gasteiger partial charge in [0.25, 0.3) is 0 Å². The Morgan fingerprint density at radius 3 is 3.08 bits per heavy atom. The van der Waals surface area contributed by atoms with Crippen LogP contribution in [0.25, 0.3) is 6.08 Å². The van der Waals surface area contributed by atoms with Crippen molar-refractivity contribution in [3.8, 4) is 0 Å². The van der Waals surface area contributed by atoms with E-state index in [1.807, 2.05) is 28.5 Å². The maximum absolute atomic E-state index is 12.5. The number of hydrogen-bond donors (Lipinski definition) is 1. The summed E-state index contributed by atoms with van der Waals surface area (Å²) in [6.45, 7) is 3.67. The molecule has 2 amide bonds. The Kier molecular flexibility index (Phi) is 6.57. The van der Waals surface area contributed by atoms with Crippen LogP contribution in [0.1, 0.15) is 41.3 Å². The van der Waals surface area contributed by atoms with Gasteiger partial charge in [0.1, 0.15) is 0 Å². The Labute approximate surface area is 161 Å². The van der Waals surface area contributed by atoms with Crippen LogP contribution in [0, 0.1) is 0 Å². The second-order valence-electron chi connectivity index (χ2n) is 6.38. The third-order valence-electron chi connectivity index (χ3n) is 4.34. The van der Waals surface area contributed by atoms with Gasteiger partial charge >= 0.3 is 0 Å². The minimum absolute atomic E-state index is 0.0162. The van der Waals surface area contributed by atoms with E-state index < -0.39 is 0 Å². The molecule has 0 radical (unpaired) electrons. The summed E-state index contributed by atoms with van der Waals surface area (Å²) >= 11 is 3.29. The summed E-state index contributed by atoms with van der Waals surface area (Å²) in [5.41, 5.74) is 1.01. The van der Waals surface area contributed by atoms with Crippen molar-refractivity contribution >= 4 is 40.6 Å². The van der Waals surface area contributed by atoms with E-state index in [1.54, 1.807) is 28.7 Å². The summed E-state index contributed by atoms with van der Waals surface area (Å²) in [5.74, 6) is 0.366. The molecule has 3 heterocycles. The normalized spacial score (nSPS) is 17.6. The number of thiophene rings is 1. The zero-order valence-corrected chi connectivity index (χ0v) is 16.4.